The van der Waals surface area contributed by atoms with Crippen LogP contribution in [0.1, 0.15) is 22.5 Å². The quantitative estimate of drug-likeness (QED) is 0.280. The van der Waals surface area contributed by atoms with Gasteiger partial charge in [0.05, 0.1) is 40.9 Å². The highest BCUT2D eigenvalue weighted by molar-refractivity contribution is 7.91. The summed E-state index contributed by atoms with van der Waals surface area (Å²) in [6, 6.07) is 11.9. The second-order valence-corrected chi connectivity index (χ2v) is 11.4. The molecule has 0 aliphatic carbocycles. The molecule has 2 aromatic carbocycles. The van der Waals surface area contributed by atoms with Crippen LogP contribution in [0.3, 0.4) is 0 Å². The van der Waals surface area contributed by atoms with Gasteiger partial charge in [-0.25, -0.2) is 29.5 Å². The fourth-order valence-corrected chi connectivity index (χ4v) is 5.45. The number of benzene rings is 2. The average Bonchev–Trinajstić information content (AvgIpc) is 3.28. The third-order valence-electron chi connectivity index (χ3n) is 5.67. The molecule has 0 saturated carbocycles. The summed E-state index contributed by atoms with van der Waals surface area (Å²) in [5.74, 6) is 5.16. The molecule has 1 fully saturated rings. The van der Waals surface area contributed by atoms with Crippen molar-refractivity contribution in [1.82, 2.24) is 20.2 Å². The Hall–Kier alpha value is -3.85. The molecule has 1 aliphatic rings. The maximum Gasteiger partial charge on any atom is 0.275 e. The first kappa shape index (κ1) is 27.2. The zero-order valence-corrected chi connectivity index (χ0v) is 22.2. The van der Waals surface area contributed by atoms with E-state index in [1.165, 1.54) is 15.8 Å². The number of hydrazine groups is 1. The number of halogens is 2. The van der Waals surface area contributed by atoms with E-state index in [9.17, 15) is 13.2 Å². The highest BCUT2D eigenvalue weighted by Crippen LogP contribution is 2.38. The van der Waals surface area contributed by atoms with E-state index in [1.54, 1.807) is 36.4 Å². The van der Waals surface area contributed by atoms with Gasteiger partial charge in [0.15, 0.2) is 15.5 Å². The number of rotatable bonds is 5. The minimum Gasteiger partial charge on any atom is -0.316 e. The summed E-state index contributed by atoms with van der Waals surface area (Å²) in [6.07, 6.45) is 0.469. The Morgan fingerprint density at radius 2 is 1.82 bits per heavy atom. The number of sulfone groups is 1. The van der Waals surface area contributed by atoms with Gasteiger partial charge in [0, 0.05) is 23.7 Å². The molecule has 1 saturated heterocycles. The van der Waals surface area contributed by atoms with Crippen molar-refractivity contribution in [3.05, 3.63) is 86.6 Å². The van der Waals surface area contributed by atoms with Crippen LogP contribution in [0.15, 0.2) is 42.5 Å². The monoisotopic (exact) mass is 566 g/mol. The van der Waals surface area contributed by atoms with Crippen molar-refractivity contribution in [2.75, 3.05) is 31.1 Å². The lowest BCUT2D eigenvalue weighted by atomic mass is 10.1. The number of carbonyl (C=O) groups is 1. The van der Waals surface area contributed by atoms with Gasteiger partial charge in [0.2, 0.25) is 12.2 Å². The molecule has 1 N–H and O–H groups in total. The predicted octanol–water partition coefficient (Wildman–Crippen LogP) is 4.43. The molecule has 38 heavy (non-hydrogen) atoms. The van der Waals surface area contributed by atoms with Crippen molar-refractivity contribution in [2.45, 2.75) is 6.42 Å². The summed E-state index contributed by atoms with van der Waals surface area (Å²) >= 11 is 12.5. The Balaban J connectivity index is 1.76. The zero-order chi connectivity index (χ0) is 27.3. The molecule has 3 aromatic rings. The van der Waals surface area contributed by atoms with Gasteiger partial charge in [-0.3, -0.25) is 10.2 Å². The van der Waals surface area contributed by atoms with Crippen molar-refractivity contribution in [2.24, 2.45) is 0 Å². The molecular weight excluding hydrogens is 547 g/mol. The number of carbonyl (C=O) groups excluding carboxylic acids is 1. The lowest BCUT2D eigenvalue weighted by Crippen LogP contribution is -2.50. The fourth-order valence-electron chi connectivity index (χ4n) is 3.76. The third kappa shape index (κ3) is 6.16. The second-order valence-electron chi connectivity index (χ2n) is 8.26. The lowest BCUT2D eigenvalue weighted by Gasteiger charge is -2.26. The summed E-state index contributed by atoms with van der Waals surface area (Å²) < 4.78 is 24.9. The molecule has 2 heterocycles. The predicted molar refractivity (Wildman–Crippen MR) is 146 cm³/mol. The average molecular weight is 567 g/mol. The molecule has 192 valence electrons. The van der Waals surface area contributed by atoms with E-state index in [0.29, 0.717) is 34.9 Å². The maximum atomic E-state index is 13.2. The van der Waals surface area contributed by atoms with E-state index in [-0.39, 0.29) is 41.0 Å². The summed E-state index contributed by atoms with van der Waals surface area (Å²) in [5.41, 5.74) is 4.66. The summed E-state index contributed by atoms with van der Waals surface area (Å²) in [5, 5.41) is 6.66. The van der Waals surface area contributed by atoms with Crippen LogP contribution in [0.2, 0.25) is 10.0 Å². The molecule has 1 aromatic heterocycles. The Morgan fingerprint density at radius 1 is 1.11 bits per heavy atom. The van der Waals surface area contributed by atoms with Gasteiger partial charge in [0.25, 0.3) is 5.91 Å². The van der Waals surface area contributed by atoms with Crippen molar-refractivity contribution >= 4 is 44.6 Å². The number of nitrogens with one attached hydrogen (secondary N) is 1. The second kappa shape index (κ2) is 11.7. The van der Waals surface area contributed by atoms with Gasteiger partial charge in [-0.1, -0.05) is 47.2 Å². The molecule has 0 spiro atoms. The van der Waals surface area contributed by atoms with Gasteiger partial charge >= 0.3 is 0 Å². The van der Waals surface area contributed by atoms with Gasteiger partial charge < -0.3 is 4.85 Å². The number of aromatic nitrogens is 2. The van der Waals surface area contributed by atoms with E-state index in [4.69, 9.17) is 36.3 Å². The van der Waals surface area contributed by atoms with E-state index in [1.807, 2.05) is 0 Å². The normalized spacial score (nSPS) is 14.5. The highest BCUT2D eigenvalue weighted by atomic mass is 35.5. The first-order chi connectivity index (χ1) is 18.2. The Labute approximate surface area is 230 Å². The van der Waals surface area contributed by atoms with Gasteiger partial charge in [-0.05, 0) is 35.9 Å². The number of nitrogens with zero attached hydrogens (tertiary/aromatic N) is 5. The third-order valence-corrected chi connectivity index (χ3v) is 7.82. The molecule has 1 aliphatic heterocycles. The molecule has 0 unspecified atom stereocenters. The minimum atomic E-state index is -3.13. The van der Waals surface area contributed by atoms with Gasteiger partial charge in [-0.2, -0.15) is 5.10 Å². The van der Waals surface area contributed by atoms with Crippen LogP contribution in [0, 0.1) is 25.0 Å². The molecule has 4 rings (SSSR count). The number of amides is 1. The minimum absolute atomic E-state index is 0.00837. The molecule has 12 heteroatoms. The Morgan fingerprint density at radius 3 is 2.45 bits per heavy atom. The van der Waals surface area contributed by atoms with Crippen molar-refractivity contribution < 1.29 is 13.2 Å². The van der Waals surface area contributed by atoms with Gasteiger partial charge in [-0.15, -0.1) is 0 Å². The van der Waals surface area contributed by atoms with E-state index >= 15 is 0 Å². The molecule has 9 nitrogen and oxygen atoms in total. The molecular formula is C26H20Cl2N6O3S. The van der Waals surface area contributed by atoms with Gasteiger partial charge in [0.1, 0.15) is 0 Å². The molecule has 1 amide bonds. The molecule has 0 atom stereocenters. The fraction of sp³-hybridized carbons (Fsp3) is 0.231. The zero-order valence-electron chi connectivity index (χ0n) is 19.9. The molecule has 0 radical (unpaired) electrons. The smallest absolute Gasteiger partial charge is 0.275 e. The van der Waals surface area contributed by atoms with Crippen LogP contribution in [0.4, 0.5) is 5.69 Å². The van der Waals surface area contributed by atoms with Crippen LogP contribution >= 0.6 is 23.2 Å². The first-order valence-corrected chi connectivity index (χ1v) is 13.9. The SMILES string of the molecule is [C-]#[N+]CCC#Cc1ccc(-c2c([N+]#[C-])c(C(=O)NN3CCS(=O)(=O)CC3)nn2-c2ccc(Cl)cc2Cl)cc1. The summed E-state index contributed by atoms with van der Waals surface area (Å²) in [4.78, 5) is 20.1. The largest absolute Gasteiger partial charge is 0.316 e. The van der Waals surface area contributed by atoms with Crippen LogP contribution in [0.25, 0.3) is 26.6 Å². The Bertz CT molecular complexity index is 1630. The first-order valence-electron chi connectivity index (χ1n) is 11.4. The van der Waals surface area contributed by atoms with Crippen LogP contribution < -0.4 is 5.43 Å². The lowest BCUT2D eigenvalue weighted by molar-refractivity contribution is 0.0797. The number of hydrogen-bond donors (Lipinski definition) is 1. The van der Waals surface area contributed by atoms with E-state index in [2.05, 4.69) is 32.1 Å². The van der Waals surface area contributed by atoms with Crippen molar-refractivity contribution in [3.63, 3.8) is 0 Å². The number of hydrogen-bond acceptors (Lipinski definition) is 5. The van der Waals surface area contributed by atoms with Crippen LogP contribution in [-0.2, 0) is 9.84 Å². The maximum absolute atomic E-state index is 13.2. The summed E-state index contributed by atoms with van der Waals surface area (Å²) in [7, 11) is -3.13. The van der Waals surface area contributed by atoms with Crippen LogP contribution in [0.5, 0.6) is 0 Å². The standard InChI is InChI=1S/C26H20Cl2N6O3S/c1-29-12-4-3-5-18-6-8-19(9-7-18)25-23(30-2)24(26(35)32-33-13-15-38(36,37)16-14-33)31-34(25)22-11-10-20(27)17-21(22)28/h6-11,17H,4,12-16H2,(H,32,35). The summed E-state index contributed by atoms with van der Waals surface area (Å²) in [6.45, 7) is 15.3. The van der Waals surface area contributed by atoms with Crippen LogP contribution in [-0.4, -0.2) is 60.3 Å². The topological polar surface area (TPSA) is 93.0 Å². The van der Waals surface area contributed by atoms with E-state index in [0.717, 1.165) is 5.56 Å². The van der Waals surface area contributed by atoms with Crippen molar-refractivity contribution in [1.29, 1.82) is 0 Å². The Kier molecular flexibility index (Phi) is 8.36. The van der Waals surface area contributed by atoms with Crippen molar-refractivity contribution in [3.8, 4) is 28.8 Å². The highest BCUT2D eigenvalue weighted by Gasteiger charge is 2.29. The van der Waals surface area contributed by atoms with E-state index < -0.39 is 15.7 Å². The molecule has 0 bridgehead atoms.